The number of amides is 1. The monoisotopic (exact) mass is 315 g/mol. The summed E-state index contributed by atoms with van der Waals surface area (Å²) in [5, 5.41) is 39.4. The minimum Gasteiger partial charge on any atom is -0.394 e. The molecule has 0 saturated carbocycles. The van der Waals surface area contributed by atoms with Gasteiger partial charge in [-0.3, -0.25) is 4.79 Å². The van der Waals surface area contributed by atoms with E-state index in [9.17, 15) is 28.5 Å². The summed E-state index contributed by atoms with van der Waals surface area (Å²) >= 11 is 0. The fourth-order valence-electron chi connectivity index (χ4n) is 1.49. The van der Waals surface area contributed by atoms with Gasteiger partial charge in [-0.1, -0.05) is 0 Å². The highest BCUT2D eigenvalue weighted by molar-refractivity contribution is 7.89. The van der Waals surface area contributed by atoms with Crippen molar-refractivity contribution in [2.75, 3.05) is 19.1 Å². The van der Waals surface area contributed by atoms with Crippen molar-refractivity contribution >= 4 is 15.7 Å². The first-order chi connectivity index (χ1) is 8.97. The summed E-state index contributed by atoms with van der Waals surface area (Å²) in [5.74, 6) is -0.462. The Labute approximate surface area is 117 Å². The molecular weight excluding hydrogens is 294 g/mol. The van der Waals surface area contributed by atoms with E-state index in [0.29, 0.717) is 0 Å². The van der Waals surface area contributed by atoms with Gasteiger partial charge in [-0.05, 0) is 0 Å². The SMILES string of the molecule is CC(=O)N[C@H]1C(O)O[C@H](CO)[C@@H](O)[C@@H]1O.CS(C)(=O)=O. The summed E-state index contributed by atoms with van der Waals surface area (Å²) < 4.78 is 24.1. The zero-order valence-electron chi connectivity index (χ0n) is 11.4. The molecule has 1 aliphatic heterocycles. The fraction of sp³-hybridized carbons (Fsp3) is 0.900. The van der Waals surface area contributed by atoms with Crippen molar-refractivity contribution in [2.45, 2.75) is 37.6 Å². The highest BCUT2D eigenvalue weighted by Gasteiger charge is 2.43. The number of carbonyl (C=O) groups is 1. The van der Waals surface area contributed by atoms with Crippen molar-refractivity contribution in [3.63, 3.8) is 0 Å². The van der Waals surface area contributed by atoms with Gasteiger partial charge in [0.1, 0.15) is 34.2 Å². The summed E-state index contributed by atoms with van der Waals surface area (Å²) in [6, 6.07) is -1.10. The van der Waals surface area contributed by atoms with Gasteiger partial charge in [0.2, 0.25) is 5.91 Å². The van der Waals surface area contributed by atoms with E-state index in [1.807, 2.05) is 0 Å². The Bertz CT molecular complexity index is 403. The number of ether oxygens (including phenoxy) is 1. The maximum Gasteiger partial charge on any atom is 0.217 e. The topological polar surface area (TPSA) is 153 Å². The van der Waals surface area contributed by atoms with Crippen molar-refractivity contribution < 1.29 is 38.4 Å². The standard InChI is InChI=1S/C8H15NO6.C2H6O2S/c1-3(11)9-5-7(13)6(12)4(2-10)15-8(5)14;1-5(2,3)4/h4-8,10,12-14H,2H2,1H3,(H,9,11);1-2H3/t4-,5-,6-,7-,8?;/m1./s1. The Morgan fingerprint density at radius 3 is 2.00 bits per heavy atom. The van der Waals surface area contributed by atoms with Crippen LogP contribution in [0.15, 0.2) is 0 Å². The number of hydrogen-bond donors (Lipinski definition) is 5. The van der Waals surface area contributed by atoms with E-state index < -0.39 is 53.0 Å². The number of rotatable bonds is 2. The number of sulfone groups is 1. The smallest absolute Gasteiger partial charge is 0.217 e. The van der Waals surface area contributed by atoms with Crippen LogP contribution in [0.2, 0.25) is 0 Å². The zero-order chi connectivity index (χ0) is 16.1. The minimum atomic E-state index is -2.67. The van der Waals surface area contributed by atoms with Crippen molar-refractivity contribution in [3.8, 4) is 0 Å². The number of hydrogen-bond acceptors (Lipinski definition) is 8. The van der Waals surface area contributed by atoms with Crippen LogP contribution in [0.25, 0.3) is 0 Å². The Morgan fingerprint density at radius 2 is 1.65 bits per heavy atom. The molecule has 1 unspecified atom stereocenters. The molecular formula is C10H21NO8S. The van der Waals surface area contributed by atoms with Crippen molar-refractivity contribution in [1.82, 2.24) is 5.32 Å². The maximum absolute atomic E-state index is 10.7. The Balaban J connectivity index is 0.000000621. The Hall–Kier alpha value is -0.780. The van der Waals surface area contributed by atoms with Crippen LogP contribution in [0, 0.1) is 0 Å². The number of nitrogens with one attached hydrogen (secondary N) is 1. The molecule has 0 aromatic carbocycles. The molecule has 5 atom stereocenters. The molecule has 1 amide bonds. The lowest BCUT2D eigenvalue weighted by Gasteiger charge is -2.40. The molecule has 1 heterocycles. The van der Waals surface area contributed by atoms with Crippen molar-refractivity contribution in [2.24, 2.45) is 0 Å². The average molecular weight is 315 g/mol. The van der Waals surface area contributed by atoms with Crippen molar-refractivity contribution in [3.05, 3.63) is 0 Å². The van der Waals surface area contributed by atoms with Crippen molar-refractivity contribution in [1.29, 1.82) is 0 Å². The van der Waals surface area contributed by atoms with Gasteiger partial charge in [-0.2, -0.15) is 0 Å². The molecule has 1 saturated heterocycles. The molecule has 0 aliphatic carbocycles. The Kier molecular flexibility index (Phi) is 7.55. The summed E-state index contributed by atoms with van der Waals surface area (Å²) in [4.78, 5) is 10.7. The second-order valence-electron chi connectivity index (χ2n) is 4.60. The third-order valence-corrected chi connectivity index (χ3v) is 2.27. The minimum absolute atomic E-state index is 0.462. The lowest BCUT2D eigenvalue weighted by molar-refractivity contribution is -0.253. The van der Waals surface area contributed by atoms with E-state index >= 15 is 0 Å². The maximum atomic E-state index is 10.7. The van der Waals surface area contributed by atoms with Crippen LogP contribution in [-0.4, -0.2) is 84.5 Å². The van der Waals surface area contributed by atoms with E-state index in [0.717, 1.165) is 12.5 Å². The van der Waals surface area contributed by atoms with Crippen LogP contribution in [0.5, 0.6) is 0 Å². The molecule has 0 aromatic heterocycles. The predicted octanol–water partition coefficient (Wildman–Crippen LogP) is -3.42. The van der Waals surface area contributed by atoms with E-state index in [2.05, 4.69) is 5.32 Å². The molecule has 0 aromatic rings. The molecule has 9 nitrogen and oxygen atoms in total. The highest BCUT2D eigenvalue weighted by atomic mass is 32.2. The van der Waals surface area contributed by atoms with E-state index in [4.69, 9.17) is 9.84 Å². The molecule has 20 heavy (non-hydrogen) atoms. The second-order valence-corrected chi connectivity index (χ2v) is 6.88. The fourth-order valence-corrected chi connectivity index (χ4v) is 1.49. The first kappa shape index (κ1) is 19.2. The molecule has 10 heteroatoms. The molecule has 1 aliphatic rings. The molecule has 5 N–H and O–H groups in total. The van der Waals surface area contributed by atoms with Gasteiger partial charge < -0.3 is 30.5 Å². The molecule has 1 fully saturated rings. The Morgan fingerprint density at radius 1 is 1.20 bits per heavy atom. The highest BCUT2D eigenvalue weighted by Crippen LogP contribution is 2.19. The van der Waals surface area contributed by atoms with Crippen LogP contribution in [-0.2, 0) is 19.4 Å². The van der Waals surface area contributed by atoms with Crippen LogP contribution < -0.4 is 5.32 Å². The summed E-state index contributed by atoms with van der Waals surface area (Å²) in [7, 11) is -2.67. The molecule has 0 spiro atoms. The van der Waals surface area contributed by atoms with Gasteiger partial charge in [0.15, 0.2) is 6.29 Å². The quantitative estimate of drug-likeness (QED) is 0.353. The van der Waals surface area contributed by atoms with E-state index in [1.54, 1.807) is 0 Å². The summed E-state index contributed by atoms with van der Waals surface area (Å²) in [6.07, 6.45) is -2.92. The van der Waals surface area contributed by atoms with Crippen LogP contribution in [0.3, 0.4) is 0 Å². The molecule has 120 valence electrons. The van der Waals surface area contributed by atoms with Gasteiger partial charge >= 0.3 is 0 Å². The van der Waals surface area contributed by atoms with Gasteiger partial charge in [0.25, 0.3) is 0 Å². The summed E-state index contributed by atoms with van der Waals surface area (Å²) in [5.41, 5.74) is 0. The summed E-state index contributed by atoms with van der Waals surface area (Å²) in [6.45, 7) is 0.687. The van der Waals surface area contributed by atoms with Crippen LogP contribution in [0.1, 0.15) is 6.92 Å². The third kappa shape index (κ3) is 7.12. The lowest BCUT2D eigenvalue weighted by Crippen LogP contribution is -2.63. The van der Waals surface area contributed by atoms with E-state index in [-0.39, 0.29) is 0 Å². The number of carbonyl (C=O) groups excluding carboxylic acids is 1. The number of aliphatic hydroxyl groups excluding tert-OH is 4. The zero-order valence-corrected chi connectivity index (χ0v) is 12.2. The molecule has 0 radical (unpaired) electrons. The first-order valence-electron chi connectivity index (χ1n) is 5.70. The molecule has 0 bridgehead atoms. The number of aliphatic hydroxyl groups is 4. The van der Waals surface area contributed by atoms with Gasteiger partial charge in [0, 0.05) is 19.4 Å². The van der Waals surface area contributed by atoms with Gasteiger partial charge in [-0.15, -0.1) is 0 Å². The van der Waals surface area contributed by atoms with E-state index in [1.165, 1.54) is 6.92 Å². The third-order valence-electron chi connectivity index (χ3n) is 2.27. The normalized spacial score (nSPS) is 33.9. The van der Waals surface area contributed by atoms with Crippen LogP contribution >= 0.6 is 0 Å². The second kappa shape index (κ2) is 7.86. The lowest BCUT2D eigenvalue weighted by atomic mass is 9.97. The largest absolute Gasteiger partial charge is 0.394 e. The molecule has 1 rings (SSSR count). The first-order valence-corrected chi connectivity index (χ1v) is 8.00. The predicted molar refractivity (Wildman–Crippen MR) is 68.4 cm³/mol. The van der Waals surface area contributed by atoms with Gasteiger partial charge in [0.05, 0.1) is 6.61 Å². The average Bonchev–Trinajstić information content (AvgIpc) is 2.27. The van der Waals surface area contributed by atoms with Crippen LogP contribution in [0.4, 0.5) is 0 Å². The van der Waals surface area contributed by atoms with Gasteiger partial charge in [-0.25, -0.2) is 8.42 Å².